The number of anilines is 4. The van der Waals surface area contributed by atoms with Crippen molar-refractivity contribution in [2.24, 2.45) is 13.0 Å². The van der Waals surface area contributed by atoms with Crippen LogP contribution in [0.5, 0.6) is 0 Å². The first kappa shape index (κ1) is 46.9. The number of pyridine rings is 1. The summed E-state index contributed by atoms with van der Waals surface area (Å²) in [6, 6.07) is 29.0. The molecule has 3 aromatic heterocycles. The largest absolute Gasteiger partial charge is 0.476 e. The van der Waals surface area contributed by atoms with Gasteiger partial charge in [0.1, 0.15) is 18.3 Å². The van der Waals surface area contributed by atoms with E-state index in [-0.39, 0.29) is 23.4 Å². The van der Waals surface area contributed by atoms with Crippen LogP contribution in [0.15, 0.2) is 91.0 Å². The van der Waals surface area contributed by atoms with Gasteiger partial charge in [0.25, 0.3) is 5.91 Å². The summed E-state index contributed by atoms with van der Waals surface area (Å²) in [7, 11) is 1.86. The molecule has 7 aromatic rings. The van der Waals surface area contributed by atoms with E-state index in [0.29, 0.717) is 72.6 Å². The fraction of sp³-hybridized carbons (Fsp3) is 0.358. The number of benzene rings is 4. The number of carboxylic acids is 1. The predicted molar refractivity (Wildman–Crippen MR) is 273 cm³/mol. The number of carbonyl (C=O) groups excluding carboxylic acids is 2. The average Bonchev–Trinajstić information content (AvgIpc) is 3.92. The molecule has 0 spiro atoms. The number of aromatic carboxylic acids is 1. The highest BCUT2D eigenvalue weighted by Crippen LogP contribution is 2.36. The van der Waals surface area contributed by atoms with E-state index in [1.54, 1.807) is 4.68 Å². The van der Waals surface area contributed by atoms with Gasteiger partial charge >= 0.3 is 5.97 Å². The number of carbonyl (C=O) groups is 3. The Balaban J connectivity index is 0.691. The van der Waals surface area contributed by atoms with Gasteiger partial charge in [0.05, 0.1) is 28.0 Å². The fourth-order valence-electron chi connectivity index (χ4n) is 10.4. The van der Waals surface area contributed by atoms with Gasteiger partial charge in [-0.25, -0.2) is 14.8 Å². The molecule has 0 saturated carbocycles. The van der Waals surface area contributed by atoms with Crippen LogP contribution in [0.2, 0.25) is 0 Å². The van der Waals surface area contributed by atoms with Crippen molar-refractivity contribution in [3.8, 4) is 11.1 Å². The summed E-state index contributed by atoms with van der Waals surface area (Å²) in [6.07, 6.45) is 4.42. The smallest absolute Gasteiger partial charge is 0.355 e. The van der Waals surface area contributed by atoms with Crippen molar-refractivity contribution in [2.75, 3.05) is 53.6 Å². The van der Waals surface area contributed by atoms with E-state index < -0.39 is 18.4 Å². The summed E-state index contributed by atoms with van der Waals surface area (Å²) < 4.78 is 2.77. The second-order valence-electron chi connectivity index (χ2n) is 18.8. The highest BCUT2D eigenvalue weighted by atomic mass is 32.1. The van der Waals surface area contributed by atoms with Crippen LogP contribution in [0, 0.1) is 12.8 Å². The van der Waals surface area contributed by atoms with Crippen molar-refractivity contribution >= 4 is 72.6 Å². The first-order valence-corrected chi connectivity index (χ1v) is 25.0. The summed E-state index contributed by atoms with van der Waals surface area (Å²) in [5, 5.41) is 49.4. The Kier molecular flexibility index (Phi) is 13.6. The third kappa shape index (κ3) is 10.1. The van der Waals surface area contributed by atoms with Crippen LogP contribution in [0.1, 0.15) is 87.7 Å². The number of nitrogens with one attached hydrogen (secondary N) is 4. The van der Waals surface area contributed by atoms with E-state index in [1.807, 2.05) is 104 Å². The molecule has 2 fully saturated rings. The van der Waals surface area contributed by atoms with Crippen molar-refractivity contribution in [1.82, 2.24) is 30.0 Å². The highest BCUT2D eigenvalue weighted by Gasteiger charge is 2.32. The minimum Gasteiger partial charge on any atom is -0.476 e. The number of rotatable bonds is 14. The molecule has 0 bridgehead atoms. The molecule has 2 saturated heterocycles. The molecule has 3 unspecified atom stereocenters. The molecule has 2 amide bonds. The van der Waals surface area contributed by atoms with Gasteiger partial charge in [-0.1, -0.05) is 41.7 Å². The van der Waals surface area contributed by atoms with E-state index >= 15 is 0 Å². The number of thiazole rings is 1. The Bertz CT molecular complexity index is 3060. The van der Waals surface area contributed by atoms with Crippen LogP contribution in [-0.4, -0.2) is 103 Å². The van der Waals surface area contributed by atoms with Gasteiger partial charge in [-0.2, -0.15) is 5.10 Å². The Morgan fingerprint density at radius 2 is 1.67 bits per heavy atom. The zero-order chi connectivity index (χ0) is 48.5. The van der Waals surface area contributed by atoms with Crippen LogP contribution < -0.4 is 26.2 Å². The lowest BCUT2D eigenvalue weighted by atomic mass is 9.91. The van der Waals surface area contributed by atoms with Gasteiger partial charge in [-0.15, -0.1) is 0 Å². The maximum atomic E-state index is 13.6. The van der Waals surface area contributed by atoms with Crippen LogP contribution >= 0.6 is 11.3 Å². The molecular weight excluding hydrogens is 905 g/mol. The van der Waals surface area contributed by atoms with Gasteiger partial charge in [-0.05, 0) is 154 Å². The summed E-state index contributed by atoms with van der Waals surface area (Å²) in [5.41, 5.74) is 8.98. The van der Waals surface area contributed by atoms with Crippen LogP contribution in [0.4, 0.5) is 22.3 Å². The van der Waals surface area contributed by atoms with E-state index in [9.17, 15) is 29.7 Å². The van der Waals surface area contributed by atoms with Crippen molar-refractivity contribution in [1.29, 1.82) is 0 Å². The van der Waals surface area contributed by atoms with Crippen LogP contribution in [0.25, 0.3) is 32.2 Å². The molecule has 16 nitrogen and oxygen atoms in total. The van der Waals surface area contributed by atoms with Gasteiger partial charge < -0.3 is 30.9 Å². The number of aliphatic hydroxyl groups excluding tert-OH is 2. The lowest BCUT2D eigenvalue weighted by Crippen LogP contribution is -2.46. The van der Waals surface area contributed by atoms with Gasteiger partial charge in [0, 0.05) is 60.5 Å². The lowest BCUT2D eigenvalue weighted by Gasteiger charge is -2.31. The highest BCUT2D eigenvalue weighted by molar-refractivity contribution is 7.22. The number of para-hydroxylation sites is 1. The SMILES string of the molecule is Cc1cc(NCCCC2CCN(CC(=O)Nc3ccc4c(C5CCC(O)NC5O)nn(C)c4c3)CC2)ccc1-c1ccc(N2CCc3cccc(C(=O)Nc4nc5ccccc5s4)c3C2)nc1C(=O)O. The summed E-state index contributed by atoms with van der Waals surface area (Å²) in [6.45, 7) is 5.92. The molecule has 0 aliphatic carbocycles. The number of likely N-dealkylation sites (tertiary alicyclic amines) is 1. The molecule has 362 valence electrons. The second kappa shape index (κ2) is 20.3. The van der Waals surface area contributed by atoms with Crippen molar-refractivity contribution in [3.63, 3.8) is 0 Å². The minimum absolute atomic E-state index is 0.0175. The Labute approximate surface area is 409 Å². The monoisotopic (exact) mass is 962 g/mol. The third-order valence-electron chi connectivity index (χ3n) is 14.2. The van der Waals surface area contributed by atoms with Crippen molar-refractivity contribution < 1.29 is 29.7 Å². The first-order valence-electron chi connectivity index (χ1n) is 24.2. The number of amides is 2. The van der Waals surface area contributed by atoms with E-state index in [1.165, 1.54) is 11.3 Å². The molecular formula is C53H58N10O6S. The quantitative estimate of drug-likeness (QED) is 0.0522. The van der Waals surface area contributed by atoms with Crippen molar-refractivity contribution in [3.05, 3.63) is 125 Å². The molecule has 3 atom stereocenters. The van der Waals surface area contributed by atoms with Gasteiger partial charge in [0.15, 0.2) is 10.8 Å². The normalized spacial score (nSPS) is 18.7. The summed E-state index contributed by atoms with van der Waals surface area (Å²) in [4.78, 5) is 53.0. The number of nitrogens with zero attached hydrogens (tertiary/aromatic N) is 6. The minimum atomic E-state index is -1.10. The number of carboxylic acid groups (broad SMARTS) is 1. The third-order valence-corrected chi connectivity index (χ3v) is 15.1. The summed E-state index contributed by atoms with van der Waals surface area (Å²) >= 11 is 1.43. The van der Waals surface area contributed by atoms with Gasteiger partial charge in [-0.3, -0.25) is 29.8 Å². The molecule has 0 radical (unpaired) electrons. The van der Waals surface area contributed by atoms with Crippen LogP contribution in [0.3, 0.4) is 0 Å². The standard InChI is InChI=1S/C53H58N10O6S/c1-31-27-34(54-23-6-7-32-20-24-62(25-21-32)30-47(65)55-35-13-15-39-43(28-35)61(2)60-48(39)40-17-19-46(64)58-51(40)67)12-14-36(31)37-16-18-45(57-49(37)52(68)69)63-26-22-33-8-5-9-38(41(33)29-63)50(66)59-53-56-42-10-3-4-11-44(42)70-53/h3-5,8-16,18,27-28,32,40,46,51,54,58,64,67H,6-7,17,19-26,29-30H2,1-2H3,(H,55,65)(H,68,69)(H,56,59,66). The molecule has 3 aliphatic heterocycles. The zero-order valence-electron chi connectivity index (χ0n) is 39.3. The molecule has 7 N–H and O–H groups in total. The Morgan fingerprint density at radius 3 is 2.47 bits per heavy atom. The first-order chi connectivity index (χ1) is 33.9. The Hall–Kier alpha value is -6.76. The van der Waals surface area contributed by atoms with E-state index in [4.69, 9.17) is 10.1 Å². The Morgan fingerprint density at radius 1 is 0.857 bits per heavy atom. The number of hydrogen-bond donors (Lipinski definition) is 7. The van der Waals surface area contributed by atoms with Crippen molar-refractivity contribution in [2.45, 2.75) is 76.8 Å². The predicted octanol–water partition coefficient (Wildman–Crippen LogP) is 7.71. The number of hydrogen-bond acceptors (Lipinski definition) is 13. The maximum Gasteiger partial charge on any atom is 0.355 e. The van der Waals surface area contributed by atoms with Crippen LogP contribution in [-0.2, 0) is 24.8 Å². The number of piperidine rings is 2. The molecule has 10 rings (SSSR count). The van der Waals surface area contributed by atoms with E-state index in [0.717, 1.165) is 100 Å². The summed E-state index contributed by atoms with van der Waals surface area (Å²) in [5.74, 6) is -0.480. The molecule has 70 heavy (non-hydrogen) atoms. The molecule has 6 heterocycles. The molecule has 3 aliphatic rings. The number of aryl methyl sites for hydroxylation is 2. The lowest BCUT2D eigenvalue weighted by molar-refractivity contribution is -0.117. The molecule has 4 aromatic carbocycles. The average molecular weight is 963 g/mol. The number of aromatic nitrogens is 4. The number of fused-ring (bicyclic) bond motifs is 3. The zero-order valence-corrected chi connectivity index (χ0v) is 40.1. The van der Waals surface area contributed by atoms with Gasteiger partial charge in [0.2, 0.25) is 5.91 Å². The topological polar surface area (TPSA) is 210 Å². The number of aliphatic hydroxyl groups is 2. The fourth-order valence-corrected chi connectivity index (χ4v) is 11.3. The van der Waals surface area contributed by atoms with E-state index in [2.05, 4.69) is 37.2 Å². The second-order valence-corrected chi connectivity index (χ2v) is 19.9. The maximum absolute atomic E-state index is 13.6. The molecule has 17 heteroatoms.